The van der Waals surface area contributed by atoms with Crippen molar-refractivity contribution in [2.75, 3.05) is 39.9 Å². The van der Waals surface area contributed by atoms with E-state index in [1.54, 1.807) is 31.4 Å². The van der Waals surface area contributed by atoms with Gasteiger partial charge in [0.05, 0.1) is 12.8 Å². The van der Waals surface area contributed by atoms with Crippen LogP contribution in [0.1, 0.15) is 16.1 Å². The molecule has 0 spiro atoms. The minimum Gasteiger partial charge on any atom is -0.493 e. The van der Waals surface area contributed by atoms with Gasteiger partial charge in [-0.25, -0.2) is 0 Å². The van der Waals surface area contributed by atoms with Crippen LogP contribution in [0.2, 0.25) is 0 Å². The van der Waals surface area contributed by atoms with Gasteiger partial charge in [-0.2, -0.15) is 0 Å². The normalized spacial score (nSPS) is 14.6. The maximum atomic E-state index is 12.8. The van der Waals surface area contributed by atoms with E-state index in [0.29, 0.717) is 36.8 Å². The first kappa shape index (κ1) is 18.9. The summed E-state index contributed by atoms with van der Waals surface area (Å²) in [6, 6.07) is 11.2. The van der Waals surface area contributed by atoms with Crippen molar-refractivity contribution in [1.82, 2.24) is 14.8 Å². The lowest BCUT2D eigenvalue weighted by Gasteiger charge is -2.34. The molecule has 0 aliphatic carbocycles. The summed E-state index contributed by atoms with van der Waals surface area (Å²) in [5.74, 6) is 1.17. The molecular formula is C21H25N3O3. The standard InChI is InChI=1S/C21H25N3O3/c1-3-14-27-19-8-7-17(15-20(19)26-2)21(25)24-12-10-23(11-13-24)16-18-6-4-5-9-22-18/h3-9,15H,1,10-14,16H2,2H3. The summed E-state index contributed by atoms with van der Waals surface area (Å²) in [5.41, 5.74) is 1.66. The van der Waals surface area contributed by atoms with E-state index in [1.807, 2.05) is 29.3 Å². The number of hydrogen-bond donors (Lipinski definition) is 0. The van der Waals surface area contributed by atoms with E-state index in [-0.39, 0.29) is 5.91 Å². The molecule has 0 unspecified atom stereocenters. The fourth-order valence-corrected chi connectivity index (χ4v) is 3.08. The number of aromatic nitrogens is 1. The summed E-state index contributed by atoms with van der Waals surface area (Å²) in [5, 5.41) is 0. The summed E-state index contributed by atoms with van der Waals surface area (Å²) in [6.07, 6.45) is 3.48. The van der Waals surface area contributed by atoms with Crippen molar-refractivity contribution >= 4 is 5.91 Å². The molecular weight excluding hydrogens is 342 g/mol. The van der Waals surface area contributed by atoms with Crippen molar-refractivity contribution in [1.29, 1.82) is 0 Å². The molecule has 0 bridgehead atoms. The Morgan fingerprint density at radius 3 is 2.67 bits per heavy atom. The zero-order valence-corrected chi connectivity index (χ0v) is 15.6. The minimum absolute atomic E-state index is 0.0149. The fourth-order valence-electron chi connectivity index (χ4n) is 3.08. The highest BCUT2D eigenvalue weighted by molar-refractivity contribution is 5.95. The Morgan fingerprint density at radius 1 is 1.19 bits per heavy atom. The van der Waals surface area contributed by atoms with Crippen molar-refractivity contribution in [3.05, 3.63) is 66.5 Å². The van der Waals surface area contributed by atoms with Gasteiger partial charge in [-0.05, 0) is 30.3 Å². The SMILES string of the molecule is C=CCOc1ccc(C(=O)N2CCN(Cc3ccccn3)CC2)cc1OC. The molecule has 1 saturated heterocycles. The molecule has 0 saturated carbocycles. The van der Waals surface area contributed by atoms with Crippen molar-refractivity contribution in [3.8, 4) is 11.5 Å². The Bertz CT molecular complexity index is 771. The van der Waals surface area contributed by atoms with Gasteiger partial charge < -0.3 is 14.4 Å². The topological polar surface area (TPSA) is 54.9 Å². The summed E-state index contributed by atoms with van der Waals surface area (Å²) < 4.78 is 10.9. The van der Waals surface area contributed by atoms with E-state index in [2.05, 4.69) is 16.5 Å². The van der Waals surface area contributed by atoms with Crippen molar-refractivity contribution in [2.24, 2.45) is 0 Å². The van der Waals surface area contributed by atoms with Crippen molar-refractivity contribution < 1.29 is 14.3 Å². The van der Waals surface area contributed by atoms with E-state index >= 15 is 0 Å². The average molecular weight is 367 g/mol. The molecule has 2 aromatic rings. The number of piperazine rings is 1. The van der Waals surface area contributed by atoms with E-state index in [4.69, 9.17) is 9.47 Å². The Morgan fingerprint density at radius 2 is 2.00 bits per heavy atom. The Kier molecular flexibility index (Phi) is 6.44. The van der Waals surface area contributed by atoms with Crippen LogP contribution in [0.15, 0.2) is 55.3 Å². The average Bonchev–Trinajstić information content (AvgIpc) is 2.73. The largest absolute Gasteiger partial charge is 0.493 e. The highest BCUT2D eigenvalue weighted by atomic mass is 16.5. The minimum atomic E-state index is 0.0149. The molecule has 3 rings (SSSR count). The summed E-state index contributed by atoms with van der Waals surface area (Å²) in [4.78, 5) is 21.4. The number of pyridine rings is 1. The number of methoxy groups -OCH3 is 1. The maximum Gasteiger partial charge on any atom is 0.254 e. The van der Waals surface area contributed by atoms with E-state index in [1.165, 1.54) is 0 Å². The lowest BCUT2D eigenvalue weighted by molar-refractivity contribution is 0.0626. The number of nitrogens with zero attached hydrogens (tertiary/aromatic N) is 3. The van der Waals surface area contributed by atoms with Crippen LogP contribution in [-0.4, -0.2) is 60.6 Å². The lowest BCUT2D eigenvalue weighted by atomic mass is 10.1. The highest BCUT2D eigenvalue weighted by Crippen LogP contribution is 2.28. The van der Waals surface area contributed by atoms with Gasteiger partial charge in [-0.15, -0.1) is 0 Å². The summed E-state index contributed by atoms with van der Waals surface area (Å²) >= 11 is 0. The van der Waals surface area contributed by atoms with Crippen LogP contribution in [0, 0.1) is 0 Å². The number of carbonyl (C=O) groups excluding carboxylic acids is 1. The van der Waals surface area contributed by atoms with Crippen LogP contribution in [0.4, 0.5) is 0 Å². The number of carbonyl (C=O) groups is 1. The molecule has 142 valence electrons. The van der Waals surface area contributed by atoms with Gasteiger partial charge >= 0.3 is 0 Å². The van der Waals surface area contributed by atoms with Gasteiger partial charge in [0.2, 0.25) is 0 Å². The van der Waals surface area contributed by atoms with Gasteiger partial charge in [0.1, 0.15) is 6.61 Å². The Balaban J connectivity index is 1.59. The molecule has 27 heavy (non-hydrogen) atoms. The van der Waals surface area contributed by atoms with Crippen molar-refractivity contribution in [3.63, 3.8) is 0 Å². The Hall–Kier alpha value is -2.86. The number of hydrogen-bond acceptors (Lipinski definition) is 5. The second-order valence-electron chi connectivity index (χ2n) is 6.35. The zero-order valence-electron chi connectivity index (χ0n) is 15.6. The predicted octanol–water partition coefficient (Wildman–Crippen LogP) is 2.61. The van der Waals surface area contributed by atoms with Gasteiger partial charge in [-0.1, -0.05) is 18.7 Å². The molecule has 1 amide bonds. The lowest BCUT2D eigenvalue weighted by Crippen LogP contribution is -2.48. The van der Waals surface area contributed by atoms with Gasteiger partial charge in [0.15, 0.2) is 11.5 Å². The summed E-state index contributed by atoms with van der Waals surface area (Å²) in [6.45, 7) is 7.90. The van der Waals surface area contributed by atoms with E-state index < -0.39 is 0 Å². The first-order chi connectivity index (χ1) is 13.2. The van der Waals surface area contributed by atoms with E-state index in [0.717, 1.165) is 25.3 Å². The maximum absolute atomic E-state index is 12.8. The molecule has 1 aromatic carbocycles. The van der Waals surface area contributed by atoms with Crippen LogP contribution in [-0.2, 0) is 6.54 Å². The third-order valence-electron chi connectivity index (χ3n) is 4.54. The van der Waals surface area contributed by atoms with Crippen LogP contribution in [0.25, 0.3) is 0 Å². The van der Waals surface area contributed by atoms with Gasteiger partial charge in [-0.3, -0.25) is 14.7 Å². The molecule has 2 heterocycles. The van der Waals surface area contributed by atoms with Crippen molar-refractivity contribution in [2.45, 2.75) is 6.54 Å². The molecule has 1 aliphatic rings. The molecule has 1 aliphatic heterocycles. The van der Waals surface area contributed by atoms with Crippen LogP contribution < -0.4 is 9.47 Å². The second-order valence-corrected chi connectivity index (χ2v) is 6.35. The molecule has 1 fully saturated rings. The third kappa shape index (κ3) is 4.86. The monoisotopic (exact) mass is 367 g/mol. The molecule has 0 radical (unpaired) electrons. The van der Waals surface area contributed by atoms with Gasteiger partial charge in [0.25, 0.3) is 5.91 Å². The number of benzene rings is 1. The molecule has 0 N–H and O–H groups in total. The zero-order chi connectivity index (χ0) is 19.1. The van der Waals surface area contributed by atoms with E-state index in [9.17, 15) is 4.79 Å². The molecule has 6 nitrogen and oxygen atoms in total. The predicted molar refractivity (Wildman–Crippen MR) is 104 cm³/mol. The third-order valence-corrected chi connectivity index (χ3v) is 4.54. The van der Waals surface area contributed by atoms with Crippen LogP contribution in [0.3, 0.4) is 0 Å². The first-order valence-electron chi connectivity index (χ1n) is 9.04. The molecule has 6 heteroatoms. The molecule has 0 atom stereocenters. The highest BCUT2D eigenvalue weighted by Gasteiger charge is 2.23. The molecule has 1 aromatic heterocycles. The second kappa shape index (κ2) is 9.19. The number of amides is 1. The Labute approximate surface area is 160 Å². The quantitative estimate of drug-likeness (QED) is 0.704. The fraction of sp³-hybridized carbons (Fsp3) is 0.333. The number of ether oxygens (including phenoxy) is 2. The smallest absolute Gasteiger partial charge is 0.254 e. The summed E-state index contributed by atoms with van der Waals surface area (Å²) in [7, 11) is 1.57. The van der Waals surface area contributed by atoms with Crippen LogP contribution >= 0.6 is 0 Å². The van der Waals surface area contributed by atoms with Gasteiger partial charge in [0, 0.05) is 44.5 Å². The van der Waals surface area contributed by atoms with Crippen LogP contribution in [0.5, 0.6) is 11.5 Å². The first-order valence-corrected chi connectivity index (χ1v) is 9.04. The number of rotatable bonds is 7.